The molecule has 0 spiro atoms. The normalized spacial score (nSPS) is 15.1. The number of rotatable bonds is 4. The van der Waals surface area contributed by atoms with Crippen molar-refractivity contribution < 1.29 is 14.6 Å². The number of carbonyl (C=O) groups is 1. The maximum atomic E-state index is 12.2. The molecule has 130 valence electrons. The van der Waals surface area contributed by atoms with E-state index in [1.54, 1.807) is 12.1 Å². The van der Waals surface area contributed by atoms with Crippen LogP contribution in [-0.2, 0) is 16.2 Å². The first-order valence-electron chi connectivity index (χ1n) is 7.98. The van der Waals surface area contributed by atoms with E-state index in [2.05, 4.69) is 5.16 Å². The van der Waals surface area contributed by atoms with E-state index < -0.39 is 4.92 Å². The first-order valence-corrected chi connectivity index (χ1v) is 7.98. The number of nitrogens with zero attached hydrogens (tertiary/aromatic N) is 3. The van der Waals surface area contributed by atoms with Gasteiger partial charge in [-0.15, -0.1) is 0 Å². The van der Waals surface area contributed by atoms with Crippen LogP contribution in [0.4, 0.5) is 5.69 Å². The Labute approximate surface area is 141 Å². The Bertz CT molecular complexity index is 622. The summed E-state index contributed by atoms with van der Waals surface area (Å²) in [5, 5.41) is 14.7. The monoisotopic (exact) mass is 333 g/mol. The second-order valence-corrected chi connectivity index (χ2v) is 6.90. The van der Waals surface area contributed by atoms with Gasteiger partial charge in [-0.25, -0.2) is 0 Å². The molecule has 1 saturated heterocycles. The van der Waals surface area contributed by atoms with Crippen LogP contribution in [0.1, 0.15) is 39.2 Å². The van der Waals surface area contributed by atoms with Crippen LogP contribution in [-0.4, -0.2) is 34.5 Å². The van der Waals surface area contributed by atoms with Gasteiger partial charge in [0.15, 0.2) is 0 Å². The Morgan fingerprint density at radius 2 is 1.83 bits per heavy atom. The van der Waals surface area contributed by atoms with Crippen LogP contribution in [0.5, 0.6) is 0 Å². The van der Waals surface area contributed by atoms with Crippen LogP contribution in [0.3, 0.4) is 0 Å². The Morgan fingerprint density at radius 1 is 1.25 bits per heavy atom. The summed E-state index contributed by atoms with van der Waals surface area (Å²) < 4.78 is 0. The minimum atomic E-state index is -0.433. The van der Waals surface area contributed by atoms with Crippen molar-refractivity contribution in [2.24, 2.45) is 10.6 Å². The Hall–Kier alpha value is -2.44. The summed E-state index contributed by atoms with van der Waals surface area (Å²) in [7, 11) is 0. The maximum Gasteiger partial charge on any atom is 0.269 e. The lowest BCUT2D eigenvalue weighted by atomic mass is 9.93. The molecule has 1 heterocycles. The van der Waals surface area contributed by atoms with Crippen LogP contribution in [0.2, 0.25) is 0 Å². The number of nitro benzene ring substituents is 1. The minimum absolute atomic E-state index is 0.0564. The number of oxime groups is 1. The van der Waals surface area contributed by atoms with Crippen molar-refractivity contribution in [2.75, 3.05) is 13.1 Å². The predicted octanol–water partition coefficient (Wildman–Crippen LogP) is 3.14. The van der Waals surface area contributed by atoms with Crippen LogP contribution < -0.4 is 0 Å². The van der Waals surface area contributed by atoms with Crippen LogP contribution in [0.15, 0.2) is 29.4 Å². The number of carbonyl (C=O) groups excluding carboxylic acids is 1. The summed E-state index contributed by atoms with van der Waals surface area (Å²) in [5.74, 6) is 0.161. The molecule has 0 N–H and O–H groups in total. The highest BCUT2D eigenvalue weighted by Crippen LogP contribution is 2.20. The number of non-ortho nitro benzene ring substituents is 1. The zero-order chi connectivity index (χ0) is 17.7. The number of benzene rings is 1. The topological polar surface area (TPSA) is 85.0 Å². The van der Waals surface area contributed by atoms with Crippen molar-refractivity contribution >= 4 is 17.3 Å². The molecular formula is C17H23N3O4. The Morgan fingerprint density at radius 3 is 2.33 bits per heavy atom. The van der Waals surface area contributed by atoms with Crippen molar-refractivity contribution in [1.82, 2.24) is 4.90 Å². The summed E-state index contributed by atoms with van der Waals surface area (Å²) in [6.45, 7) is 7.36. The predicted molar refractivity (Wildman–Crippen MR) is 90.6 cm³/mol. The molecular weight excluding hydrogens is 310 g/mol. The lowest BCUT2D eigenvalue weighted by Gasteiger charge is -2.32. The first kappa shape index (κ1) is 17.9. The van der Waals surface area contributed by atoms with E-state index in [4.69, 9.17) is 4.84 Å². The second-order valence-electron chi connectivity index (χ2n) is 6.90. The molecule has 7 heteroatoms. The summed E-state index contributed by atoms with van der Waals surface area (Å²) in [5.41, 5.74) is 1.46. The van der Waals surface area contributed by atoms with Gasteiger partial charge in [-0.3, -0.25) is 14.9 Å². The molecule has 0 aliphatic carbocycles. The molecule has 24 heavy (non-hydrogen) atoms. The van der Waals surface area contributed by atoms with E-state index in [1.165, 1.54) is 12.1 Å². The van der Waals surface area contributed by atoms with Crippen LogP contribution in [0.25, 0.3) is 0 Å². The van der Waals surface area contributed by atoms with Gasteiger partial charge in [-0.05, 0) is 17.7 Å². The number of likely N-dealkylation sites (tertiary alicyclic amines) is 1. The molecule has 1 aliphatic heterocycles. The van der Waals surface area contributed by atoms with Crippen LogP contribution >= 0.6 is 0 Å². The highest BCUT2D eigenvalue weighted by molar-refractivity contribution is 5.88. The van der Waals surface area contributed by atoms with Gasteiger partial charge in [0.2, 0.25) is 5.91 Å². The van der Waals surface area contributed by atoms with Crippen molar-refractivity contribution in [2.45, 2.75) is 40.2 Å². The van der Waals surface area contributed by atoms with Gasteiger partial charge in [0.25, 0.3) is 5.69 Å². The van der Waals surface area contributed by atoms with E-state index in [-0.39, 0.29) is 23.6 Å². The van der Waals surface area contributed by atoms with Crippen molar-refractivity contribution in [3.05, 3.63) is 39.9 Å². The van der Waals surface area contributed by atoms with Gasteiger partial charge in [0.05, 0.1) is 10.6 Å². The quantitative estimate of drug-likeness (QED) is 0.626. The molecule has 0 bridgehead atoms. The van der Waals surface area contributed by atoms with Gasteiger partial charge < -0.3 is 9.74 Å². The number of nitro groups is 1. The largest absolute Gasteiger partial charge is 0.391 e. The van der Waals surface area contributed by atoms with Gasteiger partial charge >= 0.3 is 0 Å². The molecule has 1 amide bonds. The van der Waals surface area contributed by atoms with E-state index in [0.29, 0.717) is 25.9 Å². The average molecular weight is 333 g/mol. The highest BCUT2D eigenvalue weighted by atomic mass is 16.6. The number of hydrogen-bond donors (Lipinski definition) is 0. The Kier molecular flexibility index (Phi) is 5.54. The molecule has 1 aromatic rings. The molecule has 0 aromatic heterocycles. The molecule has 0 unspecified atom stereocenters. The number of hydrogen-bond acceptors (Lipinski definition) is 5. The van der Waals surface area contributed by atoms with Gasteiger partial charge in [0.1, 0.15) is 6.61 Å². The van der Waals surface area contributed by atoms with E-state index in [0.717, 1.165) is 11.3 Å². The molecule has 1 aromatic carbocycles. The lowest BCUT2D eigenvalue weighted by Crippen LogP contribution is -2.44. The third-order valence-electron chi connectivity index (χ3n) is 3.84. The summed E-state index contributed by atoms with van der Waals surface area (Å²) in [6, 6.07) is 6.21. The van der Waals surface area contributed by atoms with Crippen molar-refractivity contribution in [3.8, 4) is 0 Å². The maximum absolute atomic E-state index is 12.2. The fraction of sp³-hybridized carbons (Fsp3) is 0.529. The van der Waals surface area contributed by atoms with Crippen LogP contribution in [0, 0.1) is 15.5 Å². The van der Waals surface area contributed by atoms with Crippen molar-refractivity contribution in [3.63, 3.8) is 0 Å². The van der Waals surface area contributed by atoms with E-state index in [1.807, 2.05) is 25.7 Å². The molecule has 0 atom stereocenters. The SMILES string of the molecule is CC(C)(C)C(=O)N1CCC(=NOCc2ccc([N+](=O)[O-])cc2)CC1. The molecule has 2 rings (SSSR count). The molecule has 1 aliphatic rings. The fourth-order valence-electron chi connectivity index (χ4n) is 2.45. The van der Waals surface area contributed by atoms with Gasteiger partial charge in [-0.1, -0.05) is 25.9 Å². The molecule has 0 radical (unpaired) electrons. The molecule has 0 saturated carbocycles. The van der Waals surface area contributed by atoms with Gasteiger partial charge in [-0.2, -0.15) is 0 Å². The third kappa shape index (κ3) is 4.78. The standard InChI is InChI=1S/C17H23N3O4/c1-17(2,3)16(21)19-10-8-14(9-11-19)18-24-12-13-4-6-15(7-5-13)20(22)23/h4-7H,8-12H2,1-3H3. The summed E-state index contributed by atoms with van der Waals surface area (Å²) in [6.07, 6.45) is 1.42. The first-order chi connectivity index (χ1) is 11.3. The number of piperidine rings is 1. The summed E-state index contributed by atoms with van der Waals surface area (Å²) in [4.78, 5) is 29.6. The fourth-order valence-corrected chi connectivity index (χ4v) is 2.45. The second kappa shape index (κ2) is 7.42. The zero-order valence-electron chi connectivity index (χ0n) is 14.3. The Balaban J connectivity index is 1.80. The summed E-state index contributed by atoms with van der Waals surface area (Å²) >= 11 is 0. The van der Waals surface area contributed by atoms with Gasteiger partial charge in [0, 0.05) is 43.5 Å². The zero-order valence-corrected chi connectivity index (χ0v) is 14.3. The highest BCUT2D eigenvalue weighted by Gasteiger charge is 2.29. The van der Waals surface area contributed by atoms with Crippen molar-refractivity contribution in [1.29, 1.82) is 0 Å². The lowest BCUT2D eigenvalue weighted by molar-refractivity contribution is -0.384. The smallest absolute Gasteiger partial charge is 0.269 e. The average Bonchev–Trinajstić information content (AvgIpc) is 2.54. The number of amides is 1. The molecule has 1 fully saturated rings. The third-order valence-corrected chi connectivity index (χ3v) is 3.84. The van der Waals surface area contributed by atoms with E-state index in [9.17, 15) is 14.9 Å². The van der Waals surface area contributed by atoms with E-state index >= 15 is 0 Å². The minimum Gasteiger partial charge on any atom is -0.391 e. The molecule has 7 nitrogen and oxygen atoms in total.